The highest BCUT2D eigenvalue weighted by Gasteiger charge is 2.16. The van der Waals surface area contributed by atoms with E-state index in [1.165, 1.54) is 13.3 Å². The van der Waals surface area contributed by atoms with Crippen LogP contribution in [0.25, 0.3) is 0 Å². The summed E-state index contributed by atoms with van der Waals surface area (Å²) in [5, 5.41) is 3.22. The van der Waals surface area contributed by atoms with Crippen LogP contribution in [0.1, 0.15) is 37.3 Å². The lowest BCUT2D eigenvalue weighted by molar-refractivity contribution is 0.365. The summed E-state index contributed by atoms with van der Waals surface area (Å²) in [6.45, 7) is 3.22. The topological polar surface area (TPSA) is 72.0 Å². The number of hydrogen-bond donors (Lipinski definition) is 1. The average molecular weight is 358 g/mol. The number of halogens is 2. The first-order chi connectivity index (χ1) is 10.7. The summed E-state index contributed by atoms with van der Waals surface area (Å²) in [7, 11) is -3.23. The number of anilines is 1. The number of nitrogens with zero attached hydrogens (tertiary/aromatic N) is 2. The van der Waals surface area contributed by atoms with Gasteiger partial charge in [0.25, 0.3) is 0 Å². The van der Waals surface area contributed by atoms with Crippen LogP contribution in [-0.4, -0.2) is 24.6 Å². The molecule has 2 aromatic rings. The molecule has 1 N–H and O–H groups in total. The van der Waals surface area contributed by atoms with Crippen molar-refractivity contribution in [1.82, 2.24) is 9.97 Å². The van der Waals surface area contributed by atoms with E-state index in [1.54, 1.807) is 24.3 Å². The smallest absolute Gasteiger partial charge is 0.175 e. The maximum Gasteiger partial charge on any atom is 0.175 e. The molecule has 1 heterocycles. The lowest BCUT2D eigenvalue weighted by atomic mass is 10.1. The Hall–Kier alpha value is -1.73. The summed E-state index contributed by atoms with van der Waals surface area (Å²) < 4.78 is 36.4. The predicted molar refractivity (Wildman–Crippen MR) is 88.2 cm³/mol. The largest absolute Gasteiger partial charge is 0.362 e. The maximum atomic E-state index is 13.4. The van der Waals surface area contributed by atoms with Crippen molar-refractivity contribution in [3.05, 3.63) is 46.9 Å². The van der Waals surface area contributed by atoms with Crippen molar-refractivity contribution < 1.29 is 12.8 Å². The summed E-state index contributed by atoms with van der Waals surface area (Å²) in [5.41, 5.74) is 0.978. The van der Waals surface area contributed by atoms with Crippen molar-refractivity contribution in [2.45, 2.75) is 31.0 Å². The fourth-order valence-electron chi connectivity index (χ4n) is 2.05. The summed E-state index contributed by atoms with van der Waals surface area (Å²) in [6.07, 6.45) is 1.11. The maximum absolute atomic E-state index is 13.4. The molecule has 23 heavy (non-hydrogen) atoms. The van der Waals surface area contributed by atoms with Gasteiger partial charge in [0.1, 0.15) is 23.3 Å². The van der Waals surface area contributed by atoms with Gasteiger partial charge in [-0.1, -0.05) is 23.7 Å². The number of sulfone groups is 1. The minimum atomic E-state index is -3.23. The van der Waals surface area contributed by atoms with Gasteiger partial charge in [-0.15, -0.1) is 0 Å². The second-order valence-electron chi connectivity index (χ2n) is 5.24. The van der Waals surface area contributed by atoms with Gasteiger partial charge in [0.05, 0.1) is 10.6 Å². The fraction of sp³-hybridized carbons (Fsp3) is 0.333. The van der Waals surface area contributed by atoms with E-state index >= 15 is 0 Å². The van der Waals surface area contributed by atoms with Gasteiger partial charge in [-0.3, -0.25) is 0 Å². The standard InChI is InChI=1S/C15H17ClFN3O2S/c1-9(17)14-13(16)15(19-8-18-14)20-10(2)11-4-6-12(7-5-11)23(3,21)22/h4-10H,1-3H3,(H,18,19,20). The van der Waals surface area contributed by atoms with Crippen LogP contribution in [0.2, 0.25) is 5.02 Å². The van der Waals surface area contributed by atoms with Crippen LogP contribution in [-0.2, 0) is 9.84 Å². The SMILES string of the molecule is CC(F)c1ncnc(NC(C)c2ccc(S(C)(=O)=O)cc2)c1Cl. The first kappa shape index (κ1) is 17.6. The van der Waals surface area contributed by atoms with Crippen LogP contribution < -0.4 is 5.32 Å². The lowest BCUT2D eigenvalue weighted by Crippen LogP contribution is -2.10. The van der Waals surface area contributed by atoms with Crippen molar-refractivity contribution in [2.75, 3.05) is 11.6 Å². The minimum absolute atomic E-state index is 0.129. The molecule has 0 bridgehead atoms. The normalized spacial score (nSPS) is 14.3. The fourth-order valence-corrected chi connectivity index (χ4v) is 2.99. The molecular weight excluding hydrogens is 341 g/mol. The van der Waals surface area contributed by atoms with Gasteiger partial charge >= 0.3 is 0 Å². The van der Waals surface area contributed by atoms with Gasteiger partial charge in [-0.05, 0) is 31.5 Å². The molecule has 0 saturated carbocycles. The molecule has 0 amide bonds. The van der Waals surface area contributed by atoms with Crippen molar-refractivity contribution in [3.8, 4) is 0 Å². The van der Waals surface area contributed by atoms with E-state index < -0.39 is 16.0 Å². The third-order valence-corrected chi connectivity index (χ3v) is 4.86. The van der Waals surface area contributed by atoms with Gasteiger partial charge in [0.15, 0.2) is 9.84 Å². The molecule has 1 aromatic carbocycles. The molecule has 2 rings (SSSR count). The van der Waals surface area contributed by atoms with Crippen molar-refractivity contribution >= 4 is 27.3 Å². The molecule has 0 radical (unpaired) electrons. The predicted octanol–water partition coefficient (Wildman–Crippen LogP) is 3.74. The minimum Gasteiger partial charge on any atom is -0.362 e. The molecule has 2 atom stereocenters. The van der Waals surface area contributed by atoms with E-state index in [2.05, 4.69) is 15.3 Å². The first-order valence-corrected chi connectivity index (χ1v) is 9.18. The van der Waals surface area contributed by atoms with Crippen LogP contribution in [0.3, 0.4) is 0 Å². The zero-order chi connectivity index (χ0) is 17.2. The molecule has 0 spiro atoms. The molecule has 0 aliphatic carbocycles. The molecule has 0 fully saturated rings. The summed E-state index contributed by atoms with van der Waals surface area (Å²) in [6, 6.07) is 6.31. The monoisotopic (exact) mass is 357 g/mol. The third-order valence-electron chi connectivity index (χ3n) is 3.35. The second kappa shape index (κ2) is 6.80. The van der Waals surface area contributed by atoms with Crippen LogP contribution in [0, 0.1) is 0 Å². The lowest BCUT2D eigenvalue weighted by Gasteiger charge is -2.17. The van der Waals surface area contributed by atoms with Crippen molar-refractivity contribution in [3.63, 3.8) is 0 Å². The number of aromatic nitrogens is 2. The molecule has 1 aromatic heterocycles. The Bertz CT molecular complexity index is 795. The van der Waals surface area contributed by atoms with E-state index in [1.807, 2.05) is 6.92 Å². The van der Waals surface area contributed by atoms with Gasteiger partial charge in [0.2, 0.25) is 0 Å². The van der Waals surface area contributed by atoms with Gasteiger partial charge in [0, 0.05) is 12.3 Å². The average Bonchev–Trinajstić information content (AvgIpc) is 2.48. The highest BCUT2D eigenvalue weighted by molar-refractivity contribution is 7.90. The van der Waals surface area contributed by atoms with Crippen molar-refractivity contribution in [2.24, 2.45) is 0 Å². The summed E-state index contributed by atoms with van der Waals surface area (Å²) >= 11 is 6.11. The quantitative estimate of drug-likeness (QED) is 0.882. The Morgan fingerprint density at radius 3 is 2.30 bits per heavy atom. The molecule has 8 heteroatoms. The van der Waals surface area contributed by atoms with E-state index in [0.29, 0.717) is 5.82 Å². The number of nitrogens with one attached hydrogen (secondary N) is 1. The number of benzene rings is 1. The third kappa shape index (κ3) is 4.17. The Morgan fingerprint density at radius 2 is 1.78 bits per heavy atom. The molecular formula is C15H17ClFN3O2S. The van der Waals surface area contributed by atoms with E-state index in [0.717, 1.165) is 11.8 Å². The Morgan fingerprint density at radius 1 is 1.17 bits per heavy atom. The van der Waals surface area contributed by atoms with E-state index in [4.69, 9.17) is 11.6 Å². The molecule has 0 saturated heterocycles. The van der Waals surface area contributed by atoms with Crippen molar-refractivity contribution in [1.29, 1.82) is 0 Å². The molecule has 124 valence electrons. The molecule has 0 aliphatic rings. The number of rotatable bonds is 5. The summed E-state index contributed by atoms with van der Waals surface area (Å²) in [4.78, 5) is 8.11. The van der Waals surface area contributed by atoms with Crippen LogP contribution in [0.4, 0.5) is 10.2 Å². The van der Waals surface area contributed by atoms with Crippen LogP contribution >= 0.6 is 11.6 Å². The number of hydrogen-bond acceptors (Lipinski definition) is 5. The van der Waals surface area contributed by atoms with E-state index in [-0.39, 0.29) is 21.7 Å². The van der Waals surface area contributed by atoms with Gasteiger partial charge < -0.3 is 5.32 Å². The van der Waals surface area contributed by atoms with Crippen LogP contribution in [0.5, 0.6) is 0 Å². The zero-order valence-electron chi connectivity index (χ0n) is 12.9. The Balaban J connectivity index is 2.23. The molecule has 2 unspecified atom stereocenters. The molecule has 5 nitrogen and oxygen atoms in total. The van der Waals surface area contributed by atoms with E-state index in [9.17, 15) is 12.8 Å². The molecule has 0 aliphatic heterocycles. The first-order valence-electron chi connectivity index (χ1n) is 6.91. The van der Waals surface area contributed by atoms with Gasteiger partial charge in [-0.2, -0.15) is 0 Å². The highest BCUT2D eigenvalue weighted by atomic mass is 35.5. The van der Waals surface area contributed by atoms with Gasteiger partial charge in [-0.25, -0.2) is 22.8 Å². The number of alkyl halides is 1. The zero-order valence-corrected chi connectivity index (χ0v) is 14.5. The van der Waals surface area contributed by atoms with Crippen LogP contribution in [0.15, 0.2) is 35.5 Å². The highest BCUT2D eigenvalue weighted by Crippen LogP contribution is 2.30. The second-order valence-corrected chi connectivity index (χ2v) is 7.64. The Kier molecular flexibility index (Phi) is 5.21. The summed E-state index contributed by atoms with van der Waals surface area (Å²) in [5.74, 6) is 0.334. The Labute approximate surface area is 139 Å².